The van der Waals surface area contributed by atoms with E-state index in [1.165, 1.54) is 6.07 Å². The highest BCUT2D eigenvalue weighted by atomic mass is 19.1. The van der Waals surface area contributed by atoms with E-state index in [9.17, 15) is 9.50 Å². The molecule has 0 unspecified atom stereocenters. The van der Waals surface area contributed by atoms with E-state index in [4.69, 9.17) is 14.7 Å². The smallest absolute Gasteiger partial charge is 0.324 e. The Morgan fingerprint density at radius 3 is 2.83 bits per heavy atom. The second-order valence-electron chi connectivity index (χ2n) is 9.77. The third kappa shape index (κ3) is 3.88. The Balaban J connectivity index is 1.43. The summed E-state index contributed by atoms with van der Waals surface area (Å²) in [5, 5.41) is 16.0. The van der Waals surface area contributed by atoms with Gasteiger partial charge in [0.15, 0.2) is 0 Å². The van der Waals surface area contributed by atoms with Crippen molar-refractivity contribution in [2.75, 3.05) is 43.5 Å². The van der Waals surface area contributed by atoms with Gasteiger partial charge >= 0.3 is 6.01 Å². The molecular weight excluding hydrogens is 447 g/mol. The quantitative estimate of drug-likeness (QED) is 0.374. The second-order valence-corrected chi connectivity index (χ2v) is 9.77. The highest BCUT2D eigenvalue weighted by Crippen LogP contribution is 2.55. The number of aryl methyl sites for hydroxylation is 1. The molecule has 0 amide bonds. The Hall–Kier alpha value is -3.30. The lowest BCUT2D eigenvalue weighted by Crippen LogP contribution is -2.39. The number of aliphatic hydroxyl groups excluding tert-OH is 1. The zero-order valence-corrected chi connectivity index (χ0v) is 19.9. The molecule has 9 heteroatoms. The highest BCUT2D eigenvalue weighted by Gasteiger charge is 2.55. The van der Waals surface area contributed by atoms with Crippen LogP contribution in [0, 0.1) is 18.2 Å². The van der Waals surface area contributed by atoms with Crippen molar-refractivity contribution in [1.82, 2.24) is 20.3 Å². The van der Waals surface area contributed by atoms with Gasteiger partial charge in [0, 0.05) is 61.5 Å². The number of rotatable bonds is 7. The van der Waals surface area contributed by atoms with E-state index >= 15 is 0 Å². The third-order valence-corrected chi connectivity index (χ3v) is 7.48. The maximum Gasteiger partial charge on any atom is 0.324 e. The summed E-state index contributed by atoms with van der Waals surface area (Å²) in [4.78, 5) is 16.2. The van der Waals surface area contributed by atoms with Crippen LogP contribution in [0.3, 0.4) is 0 Å². The molecule has 1 saturated heterocycles. The number of ether oxygens (including phenoxy) is 1. The minimum Gasteiger partial charge on any atom is -0.423 e. The van der Waals surface area contributed by atoms with Gasteiger partial charge < -0.3 is 25.4 Å². The van der Waals surface area contributed by atoms with Gasteiger partial charge in [-0.25, -0.2) is 4.39 Å². The topological polar surface area (TPSA) is 95.4 Å². The number of aliphatic hydroxyl groups is 1. The van der Waals surface area contributed by atoms with E-state index < -0.39 is 0 Å². The predicted octanol–water partition coefficient (Wildman–Crippen LogP) is 3.28. The van der Waals surface area contributed by atoms with Crippen molar-refractivity contribution < 1.29 is 14.2 Å². The number of aromatic nitrogens is 3. The predicted molar refractivity (Wildman–Crippen MR) is 132 cm³/mol. The van der Waals surface area contributed by atoms with Crippen LogP contribution in [0.1, 0.15) is 29.8 Å². The van der Waals surface area contributed by atoms with Gasteiger partial charge in [-0.05, 0) is 55.2 Å². The molecule has 35 heavy (non-hydrogen) atoms. The number of nitrogens with zero attached hydrogens (tertiary/aromatic N) is 4. The first-order valence-electron chi connectivity index (χ1n) is 12.1. The van der Waals surface area contributed by atoms with E-state index in [2.05, 4.69) is 20.5 Å². The average Bonchev–Trinajstić information content (AvgIpc) is 3.40. The summed E-state index contributed by atoms with van der Waals surface area (Å²) in [6.45, 7) is 4.22. The molecule has 0 bridgehead atoms. The monoisotopic (exact) mass is 476 g/mol. The Morgan fingerprint density at radius 1 is 1.26 bits per heavy atom. The summed E-state index contributed by atoms with van der Waals surface area (Å²) in [7, 11) is 1.80. The standard InChI is InChI=1S/C26H29FN6O2/c1-15-3-4-17(12-30-15)35-25-31-21-11-18-19(9-16(27)10-20(18)28-2)23(21)24(32-25)33-13-22(29-7-8-34)26(14-33)5-6-26/h3-4,9-10,12,22,28-29,34H,5-8,11,13-14H2,1-2H3/t22-/m1/s1. The number of fused-ring (bicyclic) bond motifs is 3. The van der Waals surface area contributed by atoms with E-state index in [0.29, 0.717) is 18.7 Å². The molecule has 182 valence electrons. The number of pyridine rings is 1. The molecule has 6 rings (SSSR count). The molecule has 1 aromatic carbocycles. The van der Waals surface area contributed by atoms with Gasteiger partial charge in [0.25, 0.3) is 0 Å². The molecule has 3 heterocycles. The van der Waals surface area contributed by atoms with E-state index in [1.54, 1.807) is 19.3 Å². The van der Waals surface area contributed by atoms with Gasteiger partial charge in [0.2, 0.25) is 0 Å². The lowest BCUT2D eigenvalue weighted by molar-refractivity contribution is 0.275. The fourth-order valence-corrected chi connectivity index (χ4v) is 5.53. The number of anilines is 2. The molecule has 3 aliphatic rings. The summed E-state index contributed by atoms with van der Waals surface area (Å²) in [6.07, 6.45) is 4.53. The lowest BCUT2D eigenvalue weighted by atomic mass is 10.0. The molecule has 3 N–H and O–H groups in total. The Labute approximate surface area is 203 Å². The Morgan fingerprint density at radius 2 is 2.11 bits per heavy atom. The number of halogens is 1. The second kappa shape index (κ2) is 8.42. The summed E-state index contributed by atoms with van der Waals surface area (Å²) in [5.41, 5.74) is 5.41. The maximum atomic E-state index is 14.6. The molecule has 0 radical (unpaired) electrons. The van der Waals surface area contributed by atoms with Crippen LogP contribution < -0.4 is 20.3 Å². The molecule has 2 aliphatic carbocycles. The van der Waals surface area contributed by atoms with Crippen LogP contribution >= 0.6 is 0 Å². The molecule has 8 nitrogen and oxygen atoms in total. The first-order chi connectivity index (χ1) is 17.0. The van der Waals surface area contributed by atoms with Gasteiger partial charge in [-0.15, -0.1) is 0 Å². The molecule has 1 saturated carbocycles. The number of hydrogen-bond acceptors (Lipinski definition) is 8. The van der Waals surface area contributed by atoms with Crippen molar-refractivity contribution in [3.05, 3.63) is 53.2 Å². The van der Waals surface area contributed by atoms with E-state index in [0.717, 1.165) is 65.5 Å². The first kappa shape index (κ1) is 22.2. The summed E-state index contributed by atoms with van der Waals surface area (Å²) in [6, 6.07) is 7.38. The minimum absolute atomic E-state index is 0.109. The van der Waals surface area contributed by atoms with Gasteiger partial charge in [-0.2, -0.15) is 9.97 Å². The molecule has 2 fully saturated rings. The van der Waals surface area contributed by atoms with Crippen molar-refractivity contribution in [1.29, 1.82) is 0 Å². The molecular formula is C26H29FN6O2. The summed E-state index contributed by atoms with van der Waals surface area (Å²) < 4.78 is 20.6. The fraction of sp³-hybridized carbons (Fsp3) is 0.423. The van der Waals surface area contributed by atoms with Gasteiger partial charge in [0.1, 0.15) is 17.4 Å². The molecule has 3 aromatic rings. The average molecular weight is 477 g/mol. The van der Waals surface area contributed by atoms with Crippen LogP contribution in [0.5, 0.6) is 11.8 Å². The lowest BCUT2D eigenvalue weighted by Gasteiger charge is -2.22. The van der Waals surface area contributed by atoms with E-state index in [-0.39, 0.29) is 29.9 Å². The van der Waals surface area contributed by atoms with Crippen molar-refractivity contribution >= 4 is 11.5 Å². The number of hydrogen-bond donors (Lipinski definition) is 3. The van der Waals surface area contributed by atoms with Gasteiger partial charge in [-0.1, -0.05) is 0 Å². The Kier molecular flexibility index (Phi) is 5.34. The summed E-state index contributed by atoms with van der Waals surface area (Å²) in [5.74, 6) is 1.05. The normalized spacial score (nSPS) is 19.1. The van der Waals surface area contributed by atoms with Crippen molar-refractivity contribution in [3.8, 4) is 22.9 Å². The van der Waals surface area contributed by atoms with Crippen LogP contribution in [0.4, 0.5) is 15.9 Å². The van der Waals surface area contributed by atoms with Crippen LogP contribution in [-0.2, 0) is 6.42 Å². The molecule has 2 aromatic heterocycles. The van der Waals surface area contributed by atoms with Crippen LogP contribution in [0.2, 0.25) is 0 Å². The van der Waals surface area contributed by atoms with Gasteiger partial charge in [0.05, 0.1) is 18.5 Å². The molecule has 1 aliphatic heterocycles. The first-order valence-corrected chi connectivity index (χ1v) is 12.1. The third-order valence-electron chi connectivity index (χ3n) is 7.48. The SMILES string of the molecule is CNc1cc(F)cc2c1Cc1nc(Oc3ccc(C)nc3)nc(N3C[C@@H](NCCO)C4(CC4)C3)c1-2. The van der Waals surface area contributed by atoms with Gasteiger partial charge in [-0.3, -0.25) is 4.98 Å². The largest absolute Gasteiger partial charge is 0.423 e. The van der Waals surface area contributed by atoms with Crippen molar-refractivity contribution in [3.63, 3.8) is 0 Å². The number of nitrogens with one attached hydrogen (secondary N) is 2. The minimum atomic E-state index is -0.291. The highest BCUT2D eigenvalue weighted by molar-refractivity contribution is 5.88. The fourth-order valence-electron chi connectivity index (χ4n) is 5.53. The zero-order chi connectivity index (χ0) is 24.2. The van der Waals surface area contributed by atoms with Crippen LogP contribution in [0.15, 0.2) is 30.5 Å². The molecule has 1 spiro atoms. The summed E-state index contributed by atoms with van der Waals surface area (Å²) >= 11 is 0. The maximum absolute atomic E-state index is 14.6. The zero-order valence-electron chi connectivity index (χ0n) is 19.9. The number of benzene rings is 1. The van der Waals surface area contributed by atoms with Crippen molar-refractivity contribution in [2.45, 2.75) is 32.2 Å². The molecule has 1 atom stereocenters. The van der Waals surface area contributed by atoms with E-state index in [1.807, 2.05) is 19.1 Å². The Bertz CT molecular complexity index is 1280. The van der Waals surface area contributed by atoms with Crippen LogP contribution in [0.25, 0.3) is 11.1 Å². The van der Waals surface area contributed by atoms with Crippen LogP contribution in [-0.4, -0.2) is 59.4 Å². The van der Waals surface area contributed by atoms with Crippen molar-refractivity contribution in [2.24, 2.45) is 5.41 Å².